The highest BCUT2D eigenvalue weighted by molar-refractivity contribution is 5.94. The molecule has 0 aliphatic carbocycles. The predicted octanol–water partition coefficient (Wildman–Crippen LogP) is 4.12. The van der Waals surface area contributed by atoms with Gasteiger partial charge in [0.15, 0.2) is 5.82 Å². The van der Waals surface area contributed by atoms with Gasteiger partial charge in [-0.05, 0) is 48.0 Å². The number of fused-ring (bicyclic) bond motifs is 2. The molecule has 0 atom stereocenters. The van der Waals surface area contributed by atoms with E-state index in [2.05, 4.69) is 31.5 Å². The molecule has 0 radical (unpaired) electrons. The Hall–Kier alpha value is -3.87. The number of nitrogens with zero attached hydrogens (tertiary/aromatic N) is 3. The number of aromatic amines is 2. The average molecular weight is 370 g/mol. The molecule has 3 N–H and O–H groups in total. The molecule has 5 aromatic rings. The summed E-state index contributed by atoms with van der Waals surface area (Å²) < 4.78 is 5.34. The summed E-state index contributed by atoms with van der Waals surface area (Å²) in [5, 5.41) is 11.9. The van der Waals surface area contributed by atoms with E-state index in [0.717, 1.165) is 50.5 Å². The number of benzene rings is 2. The number of H-pyrrole nitrogens is 2. The fourth-order valence-corrected chi connectivity index (χ4v) is 3.24. The molecule has 28 heavy (non-hydrogen) atoms. The minimum Gasteiger partial charge on any atom is -0.497 e. The number of pyridine rings is 1. The van der Waals surface area contributed by atoms with Gasteiger partial charge in [-0.2, -0.15) is 5.10 Å². The fourth-order valence-electron chi connectivity index (χ4n) is 3.24. The van der Waals surface area contributed by atoms with Crippen molar-refractivity contribution in [3.8, 4) is 17.3 Å². The van der Waals surface area contributed by atoms with Gasteiger partial charge in [0.25, 0.3) is 0 Å². The zero-order chi connectivity index (χ0) is 18.9. The highest BCUT2D eigenvalue weighted by Gasteiger charge is 2.13. The smallest absolute Gasteiger partial charge is 0.159 e. The Morgan fingerprint density at radius 2 is 2.04 bits per heavy atom. The van der Waals surface area contributed by atoms with Gasteiger partial charge in [-0.15, -0.1) is 0 Å². The van der Waals surface area contributed by atoms with E-state index in [1.54, 1.807) is 13.3 Å². The number of ether oxygens (including phenoxy) is 1. The zero-order valence-corrected chi connectivity index (χ0v) is 15.2. The second-order valence-corrected chi connectivity index (χ2v) is 6.52. The molecule has 7 nitrogen and oxygen atoms in total. The van der Waals surface area contributed by atoms with Gasteiger partial charge in [-0.3, -0.25) is 10.1 Å². The number of imidazole rings is 1. The summed E-state index contributed by atoms with van der Waals surface area (Å²) >= 11 is 0. The first-order chi connectivity index (χ1) is 13.8. The number of anilines is 1. The molecule has 3 aromatic heterocycles. The molecular weight excluding hydrogens is 352 g/mol. The summed E-state index contributed by atoms with van der Waals surface area (Å²) in [5.41, 5.74) is 5.70. The van der Waals surface area contributed by atoms with Crippen LogP contribution in [0.5, 0.6) is 5.75 Å². The molecule has 0 saturated heterocycles. The van der Waals surface area contributed by atoms with Crippen LogP contribution in [0.2, 0.25) is 0 Å². The Bertz CT molecular complexity index is 1260. The van der Waals surface area contributed by atoms with Crippen LogP contribution in [0.25, 0.3) is 33.5 Å². The molecule has 2 aromatic carbocycles. The van der Waals surface area contributed by atoms with Crippen molar-refractivity contribution in [2.75, 3.05) is 12.4 Å². The second-order valence-electron chi connectivity index (χ2n) is 6.52. The van der Waals surface area contributed by atoms with Gasteiger partial charge in [-0.25, -0.2) is 4.98 Å². The Labute approximate surface area is 160 Å². The molecule has 0 spiro atoms. The zero-order valence-electron chi connectivity index (χ0n) is 15.2. The lowest BCUT2D eigenvalue weighted by atomic mass is 10.2. The summed E-state index contributed by atoms with van der Waals surface area (Å²) in [4.78, 5) is 12.2. The molecule has 0 unspecified atom stereocenters. The van der Waals surface area contributed by atoms with Crippen LogP contribution in [0.15, 0.2) is 60.9 Å². The number of methoxy groups -OCH3 is 1. The van der Waals surface area contributed by atoms with E-state index in [0.29, 0.717) is 6.54 Å². The van der Waals surface area contributed by atoms with Gasteiger partial charge >= 0.3 is 0 Å². The Morgan fingerprint density at radius 1 is 1.07 bits per heavy atom. The summed E-state index contributed by atoms with van der Waals surface area (Å²) in [6.07, 6.45) is 3.63. The fraction of sp³-hybridized carbons (Fsp3) is 0.0952. The third-order valence-electron chi connectivity index (χ3n) is 4.70. The molecule has 0 amide bonds. The number of hydrogen-bond acceptors (Lipinski definition) is 5. The van der Waals surface area contributed by atoms with E-state index in [-0.39, 0.29) is 0 Å². The minimum atomic E-state index is 0.712. The highest BCUT2D eigenvalue weighted by atomic mass is 16.5. The van der Waals surface area contributed by atoms with Gasteiger partial charge < -0.3 is 15.0 Å². The largest absolute Gasteiger partial charge is 0.497 e. The number of rotatable bonds is 5. The number of aromatic nitrogens is 5. The molecule has 0 fully saturated rings. The van der Waals surface area contributed by atoms with Gasteiger partial charge in [0, 0.05) is 30.0 Å². The van der Waals surface area contributed by atoms with Crippen LogP contribution < -0.4 is 10.1 Å². The van der Waals surface area contributed by atoms with E-state index < -0.39 is 0 Å². The van der Waals surface area contributed by atoms with Crippen molar-refractivity contribution < 1.29 is 4.74 Å². The van der Waals surface area contributed by atoms with Crippen molar-refractivity contribution in [1.82, 2.24) is 25.1 Å². The van der Waals surface area contributed by atoms with Gasteiger partial charge in [-0.1, -0.05) is 6.07 Å². The van der Waals surface area contributed by atoms with Crippen molar-refractivity contribution in [1.29, 1.82) is 0 Å². The molecule has 138 valence electrons. The van der Waals surface area contributed by atoms with Crippen LogP contribution >= 0.6 is 0 Å². The highest BCUT2D eigenvalue weighted by Crippen LogP contribution is 2.29. The summed E-state index contributed by atoms with van der Waals surface area (Å²) in [6, 6.07) is 15.9. The quantitative estimate of drug-likeness (QED) is 0.433. The lowest BCUT2D eigenvalue weighted by molar-refractivity contribution is 0.415. The van der Waals surface area contributed by atoms with E-state index in [9.17, 15) is 0 Å². The Balaban J connectivity index is 1.47. The maximum absolute atomic E-state index is 5.34. The first-order valence-electron chi connectivity index (χ1n) is 8.95. The Kier molecular flexibility index (Phi) is 3.90. The molecule has 3 heterocycles. The van der Waals surface area contributed by atoms with Crippen molar-refractivity contribution >= 4 is 27.6 Å². The number of nitrogens with one attached hydrogen (secondary N) is 3. The molecule has 0 bridgehead atoms. The predicted molar refractivity (Wildman–Crippen MR) is 109 cm³/mol. The number of hydrogen-bond donors (Lipinski definition) is 3. The van der Waals surface area contributed by atoms with Crippen LogP contribution in [-0.2, 0) is 6.54 Å². The molecule has 5 rings (SSSR count). The SMILES string of the molecule is COc1ccc2[nH]nc(-c3nc4ccc(NCc5cccnc5)cc4[nH]3)c2c1. The molecule has 7 heteroatoms. The first-order valence-corrected chi connectivity index (χ1v) is 8.95. The monoisotopic (exact) mass is 370 g/mol. The van der Waals surface area contributed by atoms with Gasteiger partial charge in [0.1, 0.15) is 11.4 Å². The molecular formula is C21H18N6O. The maximum Gasteiger partial charge on any atom is 0.159 e. The third-order valence-corrected chi connectivity index (χ3v) is 4.70. The minimum absolute atomic E-state index is 0.712. The van der Waals surface area contributed by atoms with Crippen LogP contribution in [-0.4, -0.2) is 32.3 Å². The van der Waals surface area contributed by atoms with Crippen molar-refractivity contribution in [2.45, 2.75) is 6.54 Å². The van der Waals surface area contributed by atoms with Crippen molar-refractivity contribution in [3.05, 3.63) is 66.5 Å². The third kappa shape index (κ3) is 2.92. The normalized spacial score (nSPS) is 11.2. The average Bonchev–Trinajstić information content (AvgIpc) is 3.35. The van der Waals surface area contributed by atoms with Gasteiger partial charge in [0.05, 0.1) is 23.7 Å². The van der Waals surface area contributed by atoms with E-state index in [1.165, 1.54) is 0 Å². The van der Waals surface area contributed by atoms with Crippen LogP contribution in [0.3, 0.4) is 0 Å². The Morgan fingerprint density at radius 3 is 2.89 bits per heavy atom. The van der Waals surface area contributed by atoms with E-state index >= 15 is 0 Å². The molecule has 0 aliphatic rings. The molecule has 0 saturated carbocycles. The van der Waals surface area contributed by atoms with Crippen molar-refractivity contribution in [3.63, 3.8) is 0 Å². The van der Waals surface area contributed by atoms with E-state index in [4.69, 9.17) is 9.72 Å². The summed E-state index contributed by atoms with van der Waals surface area (Å²) in [6.45, 7) is 0.712. The maximum atomic E-state index is 5.34. The summed E-state index contributed by atoms with van der Waals surface area (Å²) in [7, 11) is 1.65. The van der Waals surface area contributed by atoms with Crippen LogP contribution in [0.1, 0.15) is 5.56 Å². The van der Waals surface area contributed by atoms with Gasteiger partial charge in [0.2, 0.25) is 0 Å². The lowest BCUT2D eigenvalue weighted by Gasteiger charge is -2.05. The molecule has 0 aliphatic heterocycles. The second kappa shape index (κ2) is 6.70. The lowest BCUT2D eigenvalue weighted by Crippen LogP contribution is -1.99. The van der Waals surface area contributed by atoms with Crippen LogP contribution in [0.4, 0.5) is 5.69 Å². The van der Waals surface area contributed by atoms with E-state index in [1.807, 2.05) is 48.7 Å². The van der Waals surface area contributed by atoms with Crippen LogP contribution in [0, 0.1) is 0 Å². The topological polar surface area (TPSA) is 91.5 Å². The van der Waals surface area contributed by atoms with Crippen molar-refractivity contribution in [2.24, 2.45) is 0 Å². The standard InChI is InChI=1S/C21H18N6O/c1-28-15-5-7-17-16(10-15)20(27-26-17)21-24-18-6-4-14(9-19(18)25-21)23-12-13-3-2-8-22-11-13/h2-11,23H,12H2,1H3,(H,24,25)(H,26,27). The summed E-state index contributed by atoms with van der Waals surface area (Å²) in [5.74, 6) is 1.51. The first kappa shape index (κ1) is 16.3.